The van der Waals surface area contributed by atoms with Crippen LogP contribution in [0.25, 0.3) is 0 Å². The Kier molecular flexibility index (Phi) is 4.14. The normalized spacial score (nSPS) is 21.8. The van der Waals surface area contributed by atoms with Crippen molar-refractivity contribution in [2.75, 3.05) is 33.8 Å². The standard InChI is InChI=1S/C11H18N4O3S/c1-9-12-5-4-10(13-9)11-8-15(6-7-18-11)19(16,17)14(2)3/h4-5,11H,6-8H2,1-3H3. The quantitative estimate of drug-likeness (QED) is 0.779. The molecule has 0 spiro atoms. The molecule has 1 unspecified atom stereocenters. The van der Waals surface area contributed by atoms with Gasteiger partial charge in [0.1, 0.15) is 11.9 Å². The number of hydrogen-bond donors (Lipinski definition) is 0. The van der Waals surface area contributed by atoms with Gasteiger partial charge in [0.15, 0.2) is 0 Å². The molecule has 0 aliphatic carbocycles. The highest BCUT2D eigenvalue weighted by atomic mass is 32.2. The van der Waals surface area contributed by atoms with Crippen LogP contribution in [0.15, 0.2) is 12.3 Å². The third kappa shape index (κ3) is 3.08. The van der Waals surface area contributed by atoms with E-state index in [1.807, 2.05) is 0 Å². The van der Waals surface area contributed by atoms with E-state index in [1.165, 1.54) is 22.7 Å². The molecule has 8 heteroatoms. The zero-order valence-electron chi connectivity index (χ0n) is 11.3. The van der Waals surface area contributed by atoms with Gasteiger partial charge in [0.25, 0.3) is 10.2 Å². The van der Waals surface area contributed by atoms with Crippen LogP contribution in [-0.2, 0) is 14.9 Å². The Morgan fingerprint density at radius 1 is 1.47 bits per heavy atom. The molecule has 2 rings (SSSR count). The van der Waals surface area contributed by atoms with Gasteiger partial charge >= 0.3 is 0 Å². The third-order valence-corrected chi connectivity index (χ3v) is 4.85. The Balaban J connectivity index is 2.18. The molecule has 0 aromatic carbocycles. The number of morpholine rings is 1. The van der Waals surface area contributed by atoms with Crippen LogP contribution in [0, 0.1) is 6.92 Å². The van der Waals surface area contributed by atoms with Crippen molar-refractivity contribution in [1.82, 2.24) is 18.6 Å². The van der Waals surface area contributed by atoms with E-state index >= 15 is 0 Å². The maximum atomic E-state index is 12.1. The topological polar surface area (TPSA) is 75.6 Å². The van der Waals surface area contributed by atoms with Crippen molar-refractivity contribution in [2.24, 2.45) is 0 Å². The van der Waals surface area contributed by atoms with Gasteiger partial charge in [0.05, 0.1) is 12.3 Å². The molecule has 0 radical (unpaired) electrons. The zero-order valence-corrected chi connectivity index (χ0v) is 12.1. The summed E-state index contributed by atoms with van der Waals surface area (Å²) in [4.78, 5) is 8.31. The first-order valence-electron chi connectivity index (χ1n) is 6.00. The van der Waals surface area contributed by atoms with Gasteiger partial charge in [0.2, 0.25) is 0 Å². The lowest BCUT2D eigenvalue weighted by Crippen LogP contribution is -2.47. The Morgan fingerprint density at radius 2 is 2.21 bits per heavy atom. The summed E-state index contributed by atoms with van der Waals surface area (Å²) >= 11 is 0. The highest BCUT2D eigenvalue weighted by Gasteiger charge is 2.32. The molecule has 19 heavy (non-hydrogen) atoms. The Morgan fingerprint density at radius 3 is 2.84 bits per heavy atom. The number of aryl methyl sites for hydroxylation is 1. The van der Waals surface area contributed by atoms with Crippen LogP contribution in [0.4, 0.5) is 0 Å². The molecule has 0 bridgehead atoms. The summed E-state index contributed by atoms with van der Waals surface area (Å²) < 4.78 is 32.4. The fourth-order valence-corrected chi connectivity index (χ4v) is 2.99. The summed E-state index contributed by atoms with van der Waals surface area (Å²) in [5.41, 5.74) is 0.714. The van der Waals surface area contributed by atoms with Gasteiger partial charge in [-0.05, 0) is 13.0 Å². The van der Waals surface area contributed by atoms with E-state index in [9.17, 15) is 8.42 Å². The summed E-state index contributed by atoms with van der Waals surface area (Å²) in [6.45, 7) is 2.79. The molecule has 1 aromatic heterocycles. The van der Waals surface area contributed by atoms with Crippen LogP contribution in [0.5, 0.6) is 0 Å². The lowest BCUT2D eigenvalue weighted by atomic mass is 10.2. The number of ether oxygens (including phenoxy) is 1. The minimum Gasteiger partial charge on any atom is -0.369 e. The first-order valence-corrected chi connectivity index (χ1v) is 7.39. The van der Waals surface area contributed by atoms with E-state index in [0.717, 1.165) is 0 Å². The van der Waals surface area contributed by atoms with Crippen molar-refractivity contribution in [3.8, 4) is 0 Å². The van der Waals surface area contributed by atoms with Gasteiger partial charge in [-0.15, -0.1) is 0 Å². The molecule has 106 valence electrons. The van der Waals surface area contributed by atoms with Crippen LogP contribution in [0.2, 0.25) is 0 Å². The van der Waals surface area contributed by atoms with Crippen molar-refractivity contribution >= 4 is 10.2 Å². The maximum Gasteiger partial charge on any atom is 0.281 e. The largest absolute Gasteiger partial charge is 0.369 e. The highest BCUT2D eigenvalue weighted by molar-refractivity contribution is 7.86. The highest BCUT2D eigenvalue weighted by Crippen LogP contribution is 2.22. The van der Waals surface area contributed by atoms with Crippen molar-refractivity contribution in [3.05, 3.63) is 23.8 Å². The molecular formula is C11H18N4O3S. The number of hydrogen-bond acceptors (Lipinski definition) is 5. The van der Waals surface area contributed by atoms with Gasteiger partial charge < -0.3 is 4.74 Å². The van der Waals surface area contributed by atoms with E-state index in [4.69, 9.17) is 4.74 Å². The molecular weight excluding hydrogens is 268 g/mol. The zero-order chi connectivity index (χ0) is 14.0. The summed E-state index contributed by atoms with van der Waals surface area (Å²) in [7, 11) is -0.363. The predicted molar refractivity (Wildman–Crippen MR) is 69.6 cm³/mol. The number of aromatic nitrogens is 2. The Hall–Kier alpha value is -1.09. The summed E-state index contributed by atoms with van der Waals surface area (Å²) in [5.74, 6) is 0.647. The molecule has 0 saturated carbocycles. The minimum absolute atomic E-state index is 0.275. The van der Waals surface area contributed by atoms with Gasteiger partial charge in [-0.2, -0.15) is 17.0 Å². The number of rotatable bonds is 3. The van der Waals surface area contributed by atoms with E-state index < -0.39 is 10.2 Å². The van der Waals surface area contributed by atoms with Crippen LogP contribution < -0.4 is 0 Å². The Labute approximate surface area is 113 Å². The summed E-state index contributed by atoms with van der Waals surface area (Å²) in [5, 5.41) is 0. The molecule has 1 aromatic rings. The Bertz CT molecular complexity index is 547. The molecule has 7 nitrogen and oxygen atoms in total. The van der Waals surface area contributed by atoms with Gasteiger partial charge in [0, 0.05) is 33.4 Å². The first-order chi connectivity index (χ1) is 8.91. The molecule has 1 saturated heterocycles. The molecule has 0 N–H and O–H groups in total. The molecule has 1 aliphatic rings. The average molecular weight is 286 g/mol. The molecule has 1 atom stereocenters. The lowest BCUT2D eigenvalue weighted by molar-refractivity contribution is -0.00638. The minimum atomic E-state index is -3.41. The van der Waals surface area contributed by atoms with Crippen LogP contribution in [0.1, 0.15) is 17.6 Å². The van der Waals surface area contributed by atoms with Crippen LogP contribution in [0.3, 0.4) is 0 Å². The monoisotopic (exact) mass is 286 g/mol. The fourth-order valence-electron chi connectivity index (χ4n) is 1.90. The van der Waals surface area contributed by atoms with E-state index in [1.54, 1.807) is 19.2 Å². The third-order valence-electron chi connectivity index (χ3n) is 2.94. The molecule has 0 amide bonds. The summed E-state index contributed by atoms with van der Waals surface area (Å²) in [6, 6.07) is 1.75. The van der Waals surface area contributed by atoms with Crippen molar-refractivity contribution in [3.63, 3.8) is 0 Å². The second-order valence-electron chi connectivity index (χ2n) is 4.54. The number of nitrogens with zero attached hydrogens (tertiary/aromatic N) is 4. The first kappa shape index (κ1) is 14.3. The molecule has 2 heterocycles. The van der Waals surface area contributed by atoms with E-state index in [2.05, 4.69) is 9.97 Å². The molecule has 1 aliphatic heterocycles. The second-order valence-corrected chi connectivity index (χ2v) is 6.68. The van der Waals surface area contributed by atoms with Crippen molar-refractivity contribution < 1.29 is 13.2 Å². The maximum absolute atomic E-state index is 12.1. The SMILES string of the molecule is Cc1nccc(C2CN(S(=O)(=O)N(C)C)CCO2)n1. The van der Waals surface area contributed by atoms with Crippen molar-refractivity contribution in [2.45, 2.75) is 13.0 Å². The molecule has 1 fully saturated rings. The van der Waals surface area contributed by atoms with Gasteiger partial charge in [-0.25, -0.2) is 9.97 Å². The van der Waals surface area contributed by atoms with Gasteiger partial charge in [-0.1, -0.05) is 0 Å². The fraction of sp³-hybridized carbons (Fsp3) is 0.636. The lowest BCUT2D eigenvalue weighted by Gasteiger charge is -2.33. The van der Waals surface area contributed by atoms with Crippen LogP contribution in [-0.4, -0.2) is 60.8 Å². The predicted octanol–water partition coefficient (Wildman–Crippen LogP) is -0.0353. The summed E-state index contributed by atoms with van der Waals surface area (Å²) in [6.07, 6.45) is 1.31. The van der Waals surface area contributed by atoms with E-state index in [0.29, 0.717) is 24.7 Å². The van der Waals surface area contributed by atoms with Crippen molar-refractivity contribution in [1.29, 1.82) is 0 Å². The van der Waals surface area contributed by atoms with Gasteiger partial charge in [-0.3, -0.25) is 0 Å². The van der Waals surface area contributed by atoms with E-state index in [-0.39, 0.29) is 12.6 Å². The smallest absolute Gasteiger partial charge is 0.281 e. The average Bonchev–Trinajstić information content (AvgIpc) is 2.38. The van der Waals surface area contributed by atoms with Crippen LogP contribution >= 0.6 is 0 Å². The second kappa shape index (κ2) is 5.49.